The molecule has 3 heterocycles. The molecule has 1 saturated heterocycles. The number of rotatable bonds is 4. The number of nitrogens with zero attached hydrogens (tertiary/aromatic N) is 4. The summed E-state index contributed by atoms with van der Waals surface area (Å²) in [4.78, 5) is 18.6. The lowest BCUT2D eigenvalue weighted by Crippen LogP contribution is -2.46. The second kappa shape index (κ2) is 7.65. The third-order valence-corrected chi connectivity index (χ3v) is 4.89. The molecule has 1 fully saturated rings. The number of amides is 2. The summed E-state index contributed by atoms with van der Waals surface area (Å²) in [7, 11) is 0. The van der Waals surface area contributed by atoms with Gasteiger partial charge in [0, 0.05) is 43.4 Å². The fourth-order valence-electron chi connectivity index (χ4n) is 3.47. The van der Waals surface area contributed by atoms with Crippen molar-refractivity contribution in [3.05, 3.63) is 48.7 Å². The van der Waals surface area contributed by atoms with Crippen LogP contribution in [0, 0.1) is 0 Å². The topological polar surface area (TPSA) is 74.6 Å². The smallest absolute Gasteiger partial charge is 0.317 e. The lowest BCUT2D eigenvalue weighted by Gasteiger charge is -2.32. The minimum atomic E-state index is 0.0284. The van der Waals surface area contributed by atoms with Crippen LogP contribution in [0.3, 0.4) is 0 Å². The number of nitrogens with one attached hydrogen (secondary N) is 2. The van der Waals surface area contributed by atoms with Gasteiger partial charge >= 0.3 is 6.03 Å². The van der Waals surface area contributed by atoms with E-state index >= 15 is 0 Å². The molecule has 4 rings (SSSR count). The lowest BCUT2D eigenvalue weighted by atomic mass is 10.1. The van der Waals surface area contributed by atoms with Gasteiger partial charge in [0.15, 0.2) is 5.65 Å². The highest BCUT2D eigenvalue weighted by Crippen LogP contribution is 2.24. The van der Waals surface area contributed by atoms with Gasteiger partial charge in [-0.25, -0.2) is 9.78 Å². The zero-order chi connectivity index (χ0) is 18.6. The van der Waals surface area contributed by atoms with Crippen LogP contribution in [0.2, 0.25) is 0 Å². The van der Waals surface area contributed by atoms with Crippen LogP contribution >= 0.6 is 0 Å². The van der Waals surface area contributed by atoms with Crippen LogP contribution in [0.4, 0.5) is 10.6 Å². The second-order valence-electron chi connectivity index (χ2n) is 6.73. The van der Waals surface area contributed by atoms with Crippen molar-refractivity contribution in [2.45, 2.75) is 25.8 Å². The van der Waals surface area contributed by atoms with Crippen LogP contribution in [0.5, 0.6) is 0 Å². The van der Waals surface area contributed by atoms with Crippen LogP contribution in [0.25, 0.3) is 16.9 Å². The average molecular weight is 364 g/mol. The summed E-state index contributed by atoms with van der Waals surface area (Å²) in [5.74, 6) is 0.931. The minimum Gasteiger partial charge on any atom is -0.367 e. The maximum atomic E-state index is 12.0. The van der Waals surface area contributed by atoms with Gasteiger partial charge in [0.05, 0.1) is 11.9 Å². The van der Waals surface area contributed by atoms with Gasteiger partial charge in [-0.05, 0) is 19.8 Å². The monoisotopic (exact) mass is 364 g/mol. The van der Waals surface area contributed by atoms with Crippen LogP contribution in [0.15, 0.2) is 48.7 Å². The quantitative estimate of drug-likeness (QED) is 0.746. The zero-order valence-electron chi connectivity index (χ0n) is 15.4. The highest BCUT2D eigenvalue weighted by Gasteiger charge is 2.23. The van der Waals surface area contributed by atoms with Gasteiger partial charge in [-0.1, -0.05) is 30.3 Å². The largest absolute Gasteiger partial charge is 0.367 e. The van der Waals surface area contributed by atoms with Crippen LogP contribution in [0.1, 0.15) is 19.8 Å². The standard InChI is InChI=1S/C20H24N6O/c1-2-21-20(27)25-12-9-16(10-13-25)23-19-14-17(15-6-4-3-5-7-15)24-18-8-11-22-26(18)19/h3-8,11,14,16,23H,2,9-10,12-13H2,1H3,(H,21,27). The van der Waals surface area contributed by atoms with Gasteiger partial charge in [-0.2, -0.15) is 9.61 Å². The van der Waals surface area contributed by atoms with Crippen LogP contribution in [-0.2, 0) is 0 Å². The van der Waals surface area contributed by atoms with E-state index in [-0.39, 0.29) is 6.03 Å². The van der Waals surface area contributed by atoms with E-state index in [1.807, 2.05) is 46.7 Å². The lowest BCUT2D eigenvalue weighted by molar-refractivity contribution is 0.184. The predicted molar refractivity (Wildman–Crippen MR) is 106 cm³/mol. The third-order valence-electron chi connectivity index (χ3n) is 4.89. The Morgan fingerprint density at radius 1 is 1.19 bits per heavy atom. The summed E-state index contributed by atoms with van der Waals surface area (Å²) in [5, 5.41) is 10.9. The molecule has 1 aliphatic rings. The highest BCUT2D eigenvalue weighted by atomic mass is 16.2. The summed E-state index contributed by atoms with van der Waals surface area (Å²) in [6, 6.07) is 14.4. The average Bonchev–Trinajstić information content (AvgIpc) is 3.18. The van der Waals surface area contributed by atoms with E-state index in [9.17, 15) is 4.79 Å². The first-order chi connectivity index (χ1) is 13.2. The molecule has 3 aromatic rings. The SMILES string of the molecule is CCNC(=O)N1CCC(Nc2cc(-c3ccccc3)nc3ccnn23)CC1. The van der Waals surface area contributed by atoms with E-state index in [4.69, 9.17) is 4.98 Å². The van der Waals surface area contributed by atoms with E-state index in [0.29, 0.717) is 12.6 Å². The number of carbonyl (C=O) groups excluding carboxylic acids is 1. The fraction of sp³-hybridized carbons (Fsp3) is 0.350. The molecule has 0 aliphatic carbocycles. The Bertz CT molecular complexity index is 915. The summed E-state index contributed by atoms with van der Waals surface area (Å²) in [5.41, 5.74) is 2.82. The summed E-state index contributed by atoms with van der Waals surface area (Å²) in [6.45, 7) is 4.10. The zero-order valence-corrected chi connectivity index (χ0v) is 15.4. The molecule has 7 heteroatoms. The molecule has 2 N–H and O–H groups in total. The molecule has 0 saturated carbocycles. The van der Waals surface area contributed by atoms with Crippen molar-refractivity contribution in [1.29, 1.82) is 0 Å². The Kier molecular flexibility index (Phi) is 4.91. The molecule has 1 aliphatic heterocycles. The Hall–Kier alpha value is -3.09. The maximum Gasteiger partial charge on any atom is 0.317 e. The van der Waals surface area contributed by atoms with Gasteiger partial charge in [-0.15, -0.1) is 0 Å². The molecular weight excluding hydrogens is 340 g/mol. The molecule has 2 amide bonds. The second-order valence-corrected chi connectivity index (χ2v) is 6.73. The first-order valence-electron chi connectivity index (χ1n) is 9.44. The predicted octanol–water partition coefficient (Wildman–Crippen LogP) is 3.00. The Balaban J connectivity index is 1.52. The van der Waals surface area contributed by atoms with Crippen molar-refractivity contribution in [3.63, 3.8) is 0 Å². The molecule has 0 bridgehead atoms. The number of aromatic nitrogens is 3. The van der Waals surface area contributed by atoms with Gasteiger partial charge in [0.2, 0.25) is 0 Å². The minimum absolute atomic E-state index is 0.0284. The maximum absolute atomic E-state index is 12.0. The van der Waals surface area contributed by atoms with Crippen molar-refractivity contribution in [3.8, 4) is 11.3 Å². The number of fused-ring (bicyclic) bond motifs is 1. The molecular formula is C20H24N6O. The normalized spacial score (nSPS) is 15.1. The summed E-state index contributed by atoms with van der Waals surface area (Å²) >= 11 is 0. The molecule has 0 spiro atoms. The van der Waals surface area contributed by atoms with E-state index in [1.54, 1.807) is 6.20 Å². The van der Waals surface area contributed by atoms with Crippen molar-refractivity contribution < 1.29 is 4.79 Å². The Morgan fingerprint density at radius 2 is 1.96 bits per heavy atom. The Morgan fingerprint density at radius 3 is 2.70 bits per heavy atom. The van der Waals surface area contributed by atoms with E-state index in [1.165, 1.54) is 0 Å². The number of hydrogen-bond donors (Lipinski definition) is 2. The number of urea groups is 1. The fourth-order valence-corrected chi connectivity index (χ4v) is 3.47. The molecule has 2 aromatic heterocycles. The van der Waals surface area contributed by atoms with Crippen LogP contribution in [-0.4, -0.2) is 51.2 Å². The Labute approximate surface area is 158 Å². The highest BCUT2D eigenvalue weighted by molar-refractivity contribution is 5.74. The van der Waals surface area contributed by atoms with Crippen molar-refractivity contribution in [2.75, 3.05) is 25.0 Å². The number of hydrogen-bond acceptors (Lipinski definition) is 4. The van der Waals surface area contributed by atoms with Crippen molar-refractivity contribution in [2.24, 2.45) is 0 Å². The number of anilines is 1. The van der Waals surface area contributed by atoms with Gasteiger partial charge in [0.25, 0.3) is 0 Å². The van der Waals surface area contributed by atoms with E-state index < -0.39 is 0 Å². The van der Waals surface area contributed by atoms with E-state index in [2.05, 4.69) is 27.9 Å². The molecule has 140 valence electrons. The van der Waals surface area contributed by atoms with E-state index in [0.717, 1.165) is 48.7 Å². The van der Waals surface area contributed by atoms with Gasteiger partial charge in [0.1, 0.15) is 5.82 Å². The summed E-state index contributed by atoms with van der Waals surface area (Å²) < 4.78 is 1.84. The number of piperidine rings is 1. The number of carbonyl (C=O) groups is 1. The molecule has 0 radical (unpaired) electrons. The molecule has 7 nitrogen and oxygen atoms in total. The number of likely N-dealkylation sites (tertiary alicyclic amines) is 1. The third kappa shape index (κ3) is 3.72. The van der Waals surface area contributed by atoms with Crippen LogP contribution < -0.4 is 10.6 Å². The van der Waals surface area contributed by atoms with Gasteiger partial charge in [-0.3, -0.25) is 0 Å². The molecule has 0 atom stereocenters. The first kappa shape index (κ1) is 17.3. The molecule has 1 aromatic carbocycles. The first-order valence-corrected chi connectivity index (χ1v) is 9.44. The van der Waals surface area contributed by atoms with Crippen molar-refractivity contribution in [1.82, 2.24) is 24.8 Å². The van der Waals surface area contributed by atoms with Gasteiger partial charge < -0.3 is 15.5 Å². The molecule has 0 unspecified atom stereocenters. The van der Waals surface area contributed by atoms with Crippen molar-refractivity contribution >= 4 is 17.5 Å². The number of benzene rings is 1. The molecule has 27 heavy (non-hydrogen) atoms. The summed E-state index contributed by atoms with van der Waals surface area (Å²) in [6.07, 6.45) is 3.58.